The van der Waals surface area contributed by atoms with Crippen LogP contribution in [0.25, 0.3) is 0 Å². The van der Waals surface area contributed by atoms with Gasteiger partial charge in [0.1, 0.15) is 11.8 Å². The van der Waals surface area contributed by atoms with Gasteiger partial charge in [0.2, 0.25) is 5.91 Å². The zero-order valence-corrected chi connectivity index (χ0v) is 10.5. The van der Waals surface area contributed by atoms with Crippen LogP contribution in [-0.4, -0.2) is 30.3 Å². The molecule has 0 spiro atoms. The minimum atomic E-state index is -0.591. The highest BCUT2D eigenvalue weighted by Gasteiger charge is 2.28. The molecule has 0 bridgehead atoms. The van der Waals surface area contributed by atoms with E-state index < -0.39 is 17.9 Å². The Labute approximate surface area is 108 Å². The van der Waals surface area contributed by atoms with Gasteiger partial charge in [-0.3, -0.25) is 9.59 Å². The Bertz CT molecular complexity index is 455. The van der Waals surface area contributed by atoms with Crippen LogP contribution in [0.3, 0.4) is 0 Å². The van der Waals surface area contributed by atoms with Crippen LogP contribution in [0.4, 0.5) is 0 Å². The number of carbonyl (C=O) groups is 3. The summed E-state index contributed by atoms with van der Waals surface area (Å²) in [4.78, 5) is 34.3. The molecule has 1 atom stereocenters. The van der Waals surface area contributed by atoms with E-state index in [1.807, 2.05) is 16.8 Å². The smallest absolute Gasteiger partial charge is 0.328 e. The maximum absolute atomic E-state index is 11.6. The van der Waals surface area contributed by atoms with Crippen LogP contribution >= 0.6 is 11.3 Å². The zero-order valence-electron chi connectivity index (χ0n) is 9.68. The second-order valence-electron chi connectivity index (χ2n) is 4.10. The molecule has 1 fully saturated rings. The molecule has 0 aromatic carbocycles. The number of ether oxygens (including phenoxy) is 1. The van der Waals surface area contributed by atoms with E-state index in [-0.39, 0.29) is 18.6 Å². The summed E-state index contributed by atoms with van der Waals surface area (Å²) in [5, 5.41) is 6.27. The first-order valence-corrected chi connectivity index (χ1v) is 6.58. The lowest BCUT2D eigenvalue weighted by molar-refractivity contribution is -0.141. The SMILES string of the molecule is O=C(CC(=O)N[C@@H]1CCOC1=O)Cc1ccsc1. The molecule has 1 aliphatic rings. The van der Waals surface area contributed by atoms with Crippen LogP contribution in [0.1, 0.15) is 18.4 Å². The molecular weight excluding hydrogens is 254 g/mol. The lowest BCUT2D eigenvalue weighted by atomic mass is 10.1. The molecule has 1 N–H and O–H groups in total. The number of rotatable bonds is 5. The van der Waals surface area contributed by atoms with E-state index in [0.29, 0.717) is 13.0 Å². The van der Waals surface area contributed by atoms with Gasteiger partial charge in [0.15, 0.2) is 0 Å². The second kappa shape index (κ2) is 5.77. The van der Waals surface area contributed by atoms with Gasteiger partial charge in [0.25, 0.3) is 0 Å². The number of ketones is 1. The summed E-state index contributed by atoms with van der Waals surface area (Å²) < 4.78 is 4.72. The standard InChI is InChI=1S/C12H13NO4S/c14-9(5-8-2-4-18-7-8)6-11(15)13-10-1-3-17-12(10)16/h2,4,7,10H,1,3,5-6H2,(H,13,15)/t10-/m1/s1. The number of hydrogen-bond acceptors (Lipinski definition) is 5. The molecule has 1 amide bonds. The highest BCUT2D eigenvalue weighted by atomic mass is 32.1. The molecule has 1 aromatic heterocycles. The van der Waals surface area contributed by atoms with Gasteiger partial charge in [0.05, 0.1) is 13.0 Å². The largest absolute Gasteiger partial charge is 0.464 e. The summed E-state index contributed by atoms with van der Waals surface area (Å²) >= 11 is 1.51. The van der Waals surface area contributed by atoms with Crippen LogP contribution in [0.15, 0.2) is 16.8 Å². The molecule has 1 aromatic rings. The summed E-state index contributed by atoms with van der Waals surface area (Å²) in [6.07, 6.45) is 0.537. The summed E-state index contributed by atoms with van der Waals surface area (Å²) in [6.45, 7) is 0.326. The van der Waals surface area contributed by atoms with Gasteiger partial charge in [-0.2, -0.15) is 11.3 Å². The van der Waals surface area contributed by atoms with Crippen molar-refractivity contribution in [1.29, 1.82) is 0 Å². The molecule has 2 heterocycles. The van der Waals surface area contributed by atoms with Crippen molar-refractivity contribution < 1.29 is 19.1 Å². The highest BCUT2D eigenvalue weighted by Crippen LogP contribution is 2.09. The number of hydrogen-bond donors (Lipinski definition) is 1. The highest BCUT2D eigenvalue weighted by molar-refractivity contribution is 7.08. The summed E-state index contributed by atoms with van der Waals surface area (Å²) in [5.41, 5.74) is 0.915. The van der Waals surface area contributed by atoms with E-state index >= 15 is 0 Å². The fourth-order valence-corrected chi connectivity index (χ4v) is 2.40. The Morgan fingerprint density at radius 2 is 2.33 bits per heavy atom. The van der Waals surface area contributed by atoms with Crippen LogP contribution in [0.2, 0.25) is 0 Å². The van der Waals surface area contributed by atoms with Crippen molar-refractivity contribution in [1.82, 2.24) is 5.32 Å². The Morgan fingerprint density at radius 1 is 1.50 bits per heavy atom. The first-order chi connectivity index (χ1) is 8.65. The zero-order chi connectivity index (χ0) is 13.0. The molecule has 1 aliphatic heterocycles. The fourth-order valence-electron chi connectivity index (χ4n) is 1.73. The van der Waals surface area contributed by atoms with Crippen molar-refractivity contribution in [3.63, 3.8) is 0 Å². The van der Waals surface area contributed by atoms with E-state index in [0.717, 1.165) is 5.56 Å². The van der Waals surface area contributed by atoms with Gasteiger partial charge in [-0.25, -0.2) is 4.79 Å². The quantitative estimate of drug-likeness (QED) is 0.629. The number of esters is 1. The Balaban J connectivity index is 1.77. The maximum Gasteiger partial charge on any atom is 0.328 e. The molecule has 5 nitrogen and oxygen atoms in total. The van der Waals surface area contributed by atoms with Crippen molar-refractivity contribution in [3.8, 4) is 0 Å². The summed E-state index contributed by atoms with van der Waals surface area (Å²) in [5.74, 6) is -0.995. The number of amides is 1. The molecule has 2 rings (SSSR count). The van der Waals surface area contributed by atoms with Crippen molar-refractivity contribution in [2.45, 2.75) is 25.3 Å². The molecular formula is C12H13NO4S. The topological polar surface area (TPSA) is 72.5 Å². The molecule has 18 heavy (non-hydrogen) atoms. The van der Waals surface area contributed by atoms with Crippen LogP contribution in [-0.2, 0) is 25.5 Å². The lowest BCUT2D eigenvalue weighted by Crippen LogP contribution is -2.38. The van der Waals surface area contributed by atoms with Crippen LogP contribution in [0, 0.1) is 0 Å². The first-order valence-electron chi connectivity index (χ1n) is 5.64. The van der Waals surface area contributed by atoms with E-state index in [2.05, 4.69) is 5.32 Å². The molecule has 0 unspecified atom stereocenters. The molecule has 0 saturated carbocycles. The van der Waals surface area contributed by atoms with Gasteiger partial charge in [-0.15, -0.1) is 0 Å². The van der Waals surface area contributed by atoms with Gasteiger partial charge in [-0.1, -0.05) is 0 Å². The minimum absolute atomic E-state index is 0.155. The Morgan fingerprint density at radius 3 is 2.94 bits per heavy atom. The van der Waals surface area contributed by atoms with Gasteiger partial charge >= 0.3 is 5.97 Å². The third kappa shape index (κ3) is 3.40. The normalized spacial score (nSPS) is 18.4. The Hall–Kier alpha value is -1.69. The fraction of sp³-hybridized carbons (Fsp3) is 0.417. The maximum atomic E-state index is 11.6. The number of cyclic esters (lactones) is 1. The van der Waals surface area contributed by atoms with E-state index in [1.165, 1.54) is 11.3 Å². The van der Waals surface area contributed by atoms with E-state index in [4.69, 9.17) is 4.74 Å². The number of nitrogens with one attached hydrogen (secondary N) is 1. The van der Waals surface area contributed by atoms with Crippen molar-refractivity contribution in [3.05, 3.63) is 22.4 Å². The van der Waals surface area contributed by atoms with E-state index in [1.54, 1.807) is 0 Å². The van der Waals surface area contributed by atoms with Gasteiger partial charge in [-0.05, 0) is 22.4 Å². The monoisotopic (exact) mass is 267 g/mol. The van der Waals surface area contributed by atoms with Crippen LogP contribution in [0.5, 0.6) is 0 Å². The summed E-state index contributed by atoms with van der Waals surface area (Å²) in [7, 11) is 0. The van der Waals surface area contributed by atoms with Crippen LogP contribution < -0.4 is 5.32 Å². The van der Waals surface area contributed by atoms with Crippen molar-refractivity contribution in [2.24, 2.45) is 0 Å². The summed E-state index contributed by atoms with van der Waals surface area (Å²) in [6, 6.07) is 1.26. The lowest BCUT2D eigenvalue weighted by Gasteiger charge is -2.07. The average molecular weight is 267 g/mol. The molecule has 0 aliphatic carbocycles. The predicted octanol–water partition coefficient (Wildman–Crippen LogP) is 0.681. The average Bonchev–Trinajstić information content (AvgIpc) is 2.91. The minimum Gasteiger partial charge on any atom is -0.464 e. The third-order valence-corrected chi connectivity index (χ3v) is 3.34. The third-order valence-electron chi connectivity index (χ3n) is 2.61. The molecule has 6 heteroatoms. The second-order valence-corrected chi connectivity index (χ2v) is 4.88. The van der Waals surface area contributed by atoms with Gasteiger partial charge in [0, 0.05) is 12.8 Å². The molecule has 96 valence electrons. The van der Waals surface area contributed by atoms with Crippen molar-refractivity contribution in [2.75, 3.05) is 6.61 Å². The molecule has 1 saturated heterocycles. The van der Waals surface area contributed by atoms with Crippen molar-refractivity contribution >= 4 is 29.0 Å². The first kappa shape index (κ1) is 12.8. The van der Waals surface area contributed by atoms with E-state index in [9.17, 15) is 14.4 Å². The predicted molar refractivity (Wildman–Crippen MR) is 65.2 cm³/mol. The van der Waals surface area contributed by atoms with Gasteiger partial charge < -0.3 is 10.1 Å². The molecule has 0 radical (unpaired) electrons. The number of Topliss-reactive ketones (excluding diaryl/α,β-unsaturated/α-hetero) is 1. The number of thiophene rings is 1. The Kier molecular flexibility index (Phi) is 4.09. The number of carbonyl (C=O) groups excluding carboxylic acids is 3.